The lowest BCUT2D eigenvalue weighted by Crippen LogP contribution is -2.14. The molecule has 0 bridgehead atoms. The Balaban J connectivity index is 2.46. The number of aromatic amines is 1. The van der Waals surface area contributed by atoms with E-state index >= 15 is 0 Å². The lowest BCUT2D eigenvalue weighted by atomic mass is 10.2. The maximum absolute atomic E-state index is 11.8. The van der Waals surface area contributed by atoms with Gasteiger partial charge in [-0.1, -0.05) is 12.1 Å². The normalized spacial score (nSPS) is 10.7. The van der Waals surface area contributed by atoms with Crippen molar-refractivity contribution in [1.82, 2.24) is 9.97 Å². The van der Waals surface area contributed by atoms with Crippen molar-refractivity contribution in [3.05, 3.63) is 44.8 Å². The molecule has 2 aromatic rings. The number of hydrogen-bond donors (Lipinski definition) is 1. The number of H-pyrrole nitrogens is 1. The van der Waals surface area contributed by atoms with Crippen LogP contribution in [0, 0.1) is 0 Å². The summed E-state index contributed by atoms with van der Waals surface area (Å²) in [6.45, 7) is 0.292. The molecule has 0 saturated heterocycles. The Hall–Kier alpha value is -1.11. The maximum atomic E-state index is 11.8. The zero-order valence-corrected chi connectivity index (χ0v) is 13.0. The molecule has 100 valence electrons. The van der Waals surface area contributed by atoms with Crippen molar-refractivity contribution in [2.75, 3.05) is 13.4 Å². The third-order valence-electron chi connectivity index (χ3n) is 2.58. The van der Waals surface area contributed by atoms with Crippen LogP contribution in [0.15, 0.2) is 38.4 Å². The van der Waals surface area contributed by atoms with E-state index in [0.717, 1.165) is 5.56 Å². The maximum Gasteiger partial charge on any atom is 0.265 e. The standard InChI is InChI=1S/C13H13BrN2O2S/c1-18-7-10-11(14)13(17)16-12(15-10)8-3-5-9(19-2)6-4-8/h3-6H,7H2,1-2H3,(H,15,16,17). The van der Waals surface area contributed by atoms with Gasteiger partial charge in [0.1, 0.15) is 10.3 Å². The van der Waals surface area contributed by atoms with E-state index in [0.29, 0.717) is 22.6 Å². The van der Waals surface area contributed by atoms with Gasteiger partial charge in [0, 0.05) is 17.6 Å². The van der Waals surface area contributed by atoms with Gasteiger partial charge in [0.05, 0.1) is 12.3 Å². The van der Waals surface area contributed by atoms with E-state index in [-0.39, 0.29) is 5.56 Å². The Morgan fingerprint density at radius 1 is 1.37 bits per heavy atom. The molecule has 4 nitrogen and oxygen atoms in total. The van der Waals surface area contributed by atoms with Gasteiger partial charge in [-0.15, -0.1) is 11.8 Å². The molecule has 0 aliphatic heterocycles. The Bertz CT molecular complexity index is 626. The first-order valence-corrected chi connectivity index (χ1v) is 7.59. The van der Waals surface area contributed by atoms with Gasteiger partial charge in [0.25, 0.3) is 5.56 Å². The van der Waals surface area contributed by atoms with Crippen LogP contribution in [0.3, 0.4) is 0 Å². The third-order valence-corrected chi connectivity index (χ3v) is 4.14. The minimum Gasteiger partial charge on any atom is -0.378 e. The third kappa shape index (κ3) is 3.26. The van der Waals surface area contributed by atoms with Gasteiger partial charge in [-0.3, -0.25) is 4.79 Å². The summed E-state index contributed by atoms with van der Waals surface area (Å²) < 4.78 is 5.46. The second kappa shape index (κ2) is 6.36. The van der Waals surface area contributed by atoms with Crippen molar-refractivity contribution >= 4 is 27.7 Å². The summed E-state index contributed by atoms with van der Waals surface area (Å²) in [5.41, 5.74) is 1.26. The van der Waals surface area contributed by atoms with Crippen LogP contribution in [0.5, 0.6) is 0 Å². The highest BCUT2D eigenvalue weighted by atomic mass is 79.9. The van der Waals surface area contributed by atoms with Gasteiger partial charge in [-0.2, -0.15) is 0 Å². The molecule has 0 unspecified atom stereocenters. The van der Waals surface area contributed by atoms with Crippen molar-refractivity contribution in [3.63, 3.8) is 0 Å². The molecule has 1 aromatic carbocycles. The number of nitrogens with zero attached hydrogens (tertiary/aromatic N) is 1. The molecule has 1 heterocycles. The zero-order chi connectivity index (χ0) is 13.8. The molecule has 6 heteroatoms. The first-order chi connectivity index (χ1) is 9.15. The second-order valence-corrected chi connectivity index (χ2v) is 5.51. The molecule has 0 spiro atoms. The first kappa shape index (κ1) is 14.3. The molecular weight excluding hydrogens is 328 g/mol. The minimum absolute atomic E-state index is 0.203. The van der Waals surface area contributed by atoms with Crippen LogP contribution in [0.4, 0.5) is 0 Å². The molecule has 0 radical (unpaired) electrons. The van der Waals surface area contributed by atoms with E-state index in [2.05, 4.69) is 25.9 Å². The summed E-state index contributed by atoms with van der Waals surface area (Å²) in [5.74, 6) is 0.549. The topological polar surface area (TPSA) is 55.0 Å². The predicted molar refractivity (Wildman–Crippen MR) is 80.5 cm³/mol. The van der Waals surface area contributed by atoms with Crippen LogP contribution < -0.4 is 5.56 Å². The van der Waals surface area contributed by atoms with E-state index in [1.807, 2.05) is 30.5 Å². The Morgan fingerprint density at radius 2 is 2.05 bits per heavy atom. The van der Waals surface area contributed by atoms with Gasteiger partial charge >= 0.3 is 0 Å². The summed E-state index contributed by atoms with van der Waals surface area (Å²) in [6, 6.07) is 7.87. The largest absolute Gasteiger partial charge is 0.378 e. The summed E-state index contributed by atoms with van der Waals surface area (Å²) in [6.07, 6.45) is 2.02. The van der Waals surface area contributed by atoms with Gasteiger partial charge in [0.2, 0.25) is 0 Å². The van der Waals surface area contributed by atoms with Gasteiger partial charge in [-0.25, -0.2) is 4.98 Å². The van der Waals surface area contributed by atoms with Crippen molar-refractivity contribution < 1.29 is 4.74 Å². The number of rotatable bonds is 4. The van der Waals surface area contributed by atoms with Crippen LogP contribution in [-0.2, 0) is 11.3 Å². The van der Waals surface area contributed by atoms with Crippen molar-refractivity contribution in [2.45, 2.75) is 11.5 Å². The van der Waals surface area contributed by atoms with E-state index in [9.17, 15) is 4.79 Å². The number of thioether (sulfide) groups is 1. The highest BCUT2D eigenvalue weighted by molar-refractivity contribution is 9.10. The molecule has 1 N–H and O–H groups in total. The highest BCUT2D eigenvalue weighted by Crippen LogP contribution is 2.21. The van der Waals surface area contributed by atoms with E-state index in [4.69, 9.17) is 4.74 Å². The summed E-state index contributed by atoms with van der Waals surface area (Å²) in [4.78, 5) is 20.2. The van der Waals surface area contributed by atoms with E-state index < -0.39 is 0 Å². The summed E-state index contributed by atoms with van der Waals surface area (Å²) in [7, 11) is 1.57. The molecule has 19 heavy (non-hydrogen) atoms. The van der Waals surface area contributed by atoms with Crippen LogP contribution in [0.2, 0.25) is 0 Å². The number of benzene rings is 1. The Kier molecular flexibility index (Phi) is 4.79. The Labute approximate surface area is 123 Å². The number of methoxy groups -OCH3 is 1. The fourth-order valence-corrected chi connectivity index (χ4v) is 2.33. The smallest absolute Gasteiger partial charge is 0.265 e. The van der Waals surface area contributed by atoms with E-state index in [1.165, 1.54) is 4.90 Å². The number of hydrogen-bond acceptors (Lipinski definition) is 4. The van der Waals surface area contributed by atoms with Crippen molar-refractivity contribution in [1.29, 1.82) is 0 Å². The minimum atomic E-state index is -0.203. The molecule has 0 aliphatic carbocycles. The van der Waals surface area contributed by atoms with Gasteiger partial charge in [0.15, 0.2) is 0 Å². The van der Waals surface area contributed by atoms with Crippen molar-refractivity contribution in [3.8, 4) is 11.4 Å². The fourth-order valence-electron chi connectivity index (χ4n) is 1.62. The zero-order valence-electron chi connectivity index (χ0n) is 10.6. The lowest BCUT2D eigenvalue weighted by molar-refractivity contribution is 0.180. The highest BCUT2D eigenvalue weighted by Gasteiger charge is 2.10. The fraction of sp³-hybridized carbons (Fsp3) is 0.231. The number of nitrogens with one attached hydrogen (secondary N) is 1. The number of aromatic nitrogens is 2. The van der Waals surface area contributed by atoms with Gasteiger partial charge < -0.3 is 9.72 Å². The average Bonchev–Trinajstić information content (AvgIpc) is 2.44. The van der Waals surface area contributed by atoms with Crippen molar-refractivity contribution in [2.24, 2.45) is 0 Å². The van der Waals surface area contributed by atoms with Crippen LogP contribution in [0.25, 0.3) is 11.4 Å². The predicted octanol–water partition coefficient (Wildman–Crippen LogP) is 3.07. The summed E-state index contributed by atoms with van der Waals surface area (Å²) >= 11 is 4.89. The molecule has 1 aromatic heterocycles. The molecular formula is C13H13BrN2O2S. The van der Waals surface area contributed by atoms with Crippen LogP contribution >= 0.6 is 27.7 Å². The number of halogens is 1. The quantitative estimate of drug-likeness (QED) is 0.869. The Morgan fingerprint density at radius 3 is 2.63 bits per heavy atom. The van der Waals surface area contributed by atoms with Crippen LogP contribution in [-0.4, -0.2) is 23.3 Å². The molecule has 2 rings (SSSR count). The van der Waals surface area contributed by atoms with E-state index in [1.54, 1.807) is 18.9 Å². The molecule has 0 fully saturated rings. The van der Waals surface area contributed by atoms with Crippen LogP contribution in [0.1, 0.15) is 5.69 Å². The molecule has 0 amide bonds. The number of ether oxygens (including phenoxy) is 1. The molecule has 0 atom stereocenters. The summed E-state index contributed by atoms with van der Waals surface area (Å²) in [5, 5.41) is 0. The average molecular weight is 341 g/mol. The monoisotopic (exact) mass is 340 g/mol. The lowest BCUT2D eigenvalue weighted by Gasteiger charge is -2.06. The van der Waals surface area contributed by atoms with Gasteiger partial charge in [-0.05, 0) is 34.3 Å². The second-order valence-electron chi connectivity index (χ2n) is 3.84. The first-order valence-electron chi connectivity index (χ1n) is 5.57. The molecule has 0 saturated carbocycles. The SMILES string of the molecule is COCc1nc(-c2ccc(SC)cc2)[nH]c(=O)c1Br. The molecule has 0 aliphatic rings.